The maximum Gasteiger partial charge on any atom is 0.229 e. The van der Waals surface area contributed by atoms with E-state index in [9.17, 15) is 0 Å². The van der Waals surface area contributed by atoms with Crippen LogP contribution in [-0.4, -0.2) is 23.1 Å². The fourth-order valence-electron chi connectivity index (χ4n) is 2.75. The number of ether oxygens (including phenoxy) is 1. The summed E-state index contributed by atoms with van der Waals surface area (Å²) in [4.78, 5) is 11.3. The van der Waals surface area contributed by atoms with Crippen LogP contribution < -0.4 is 15.0 Å². The number of methoxy groups -OCH3 is 1. The highest BCUT2D eigenvalue weighted by Gasteiger charge is 2.14. The van der Waals surface area contributed by atoms with Crippen molar-refractivity contribution in [1.82, 2.24) is 9.97 Å². The first kappa shape index (κ1) is 19.0. The predicted molar refractivity (Wildman–Crippen MR) is 111 cm³/mol. The monoisotopic (exact) mass is 382 g/mol. The van der Waals surface area contributed by atoms with Crippen LogP contribution in [-0.2, 0) is 6.54 Å². The average molecular weight is 383 g/mol. The molecule has 0 fully saturated rings. The first-order valence-corrected chi connectivity index (χ1v) is 9.19. The van der Waals surface area contributed by atoms with Gasteiger partial charge in [-0.25, -0.2) is 4.98 Å². The fraction of sp³-hybridized carbons (Fsp3) is 0.238. The van der Waals surface area contributed by atoms with Crippen molar-refractivity contribution in [2.24, 2.45) is 0 Å². The van der Waals surface area contributed by atoms with Gasteiger partial charge in [0.05, 0.1) is 12.1 Å². The molecule has 0 bridgehead atoms. The van der Waals surface area contributed by atoms with Crippen molar-refractivity contribution in [1.29, 1.82) is 0 Å². The second-order valence-electron chi connectivity index (χ2n) is 6.42. The summed E-state index contributed by atoms with van der Waals surface area (Å²) in [6.07, 6.45) is 1.76. The Bertz CT molecular complexity index is 886. The molecule has 3 rings (SSSR count). The van der Waals surface area contributed by atoms with E-state index in [1.165, 1.54) is 5.56 Å². The van der Waals surface area contributed by atoms with E-state index in [1.54, 1.807) is 19.4 Å². The molecule has 0 saturated carbocycles. The first-order chi connectivity index (χ1) is 13.1. The number of anilines is 3. The Morgan fingerprint density at radius 1 is 1.11 bits per heavy atom. The Kier molecular flexibility index (Phi) is 6.14. The zero-order valence-electron chi connectivity index (χ0n) is 15.7. The van der Waals surface area contributed by atoms with E-state index < -0.39 is 0 Å². The summed E-state index contributed by atoms with van der Waals surface area (Å²) in [6.45, 7) is 5.09. The van der Waals surface area contributed by atoms with E-state index in [4.69, 9.17) is 16.3 Å². The Morgan fingerprint density at radius 3 is 2.56 bits per heavy atom. The van der Waals surface area contributed by atoms with Gasteiger partial charge in [-0.1, -0.05) is 41.9 Å². The molecule has 1 heterocycles. The largest absolute Gasteiger partial charge is 0.495 e. The van der Waals surface area contributed by atoms with Crippen molar-refractivity contribution in [3.05, 3.63) is 71.4 Å². The lowest BCUT2D eigenvalue weighted by Crippen LogP contribution is -2.31. The molecule has 1 aromatic heterocycles. The van der Waals surface area contributed by atoms with E-state index >= 15 is 0 Å². The van der Waals surface area contributed by atoms with E-state index in [2.05, 4.69) is 46.2 Å². The van der Waals surface area contributed by atoms with Crippen molar-refractivity contribution < 1.29 is 4.74 Å². The number of rotatable bonds is 7. The lowest BCUT2D eigenvalue weighted by molar-refractivity contribution is 0.415. The van der Waals surface area contributed by atoms with Crippen molar-refractivity contribution >= 4 is 29.1 Å². The third-order valence-corrected chi connectivity index (χ3v) is 4.46. The summed E-state index contributed by atoms with van der Waals surface area (Å²) < 4.78 is 5.19. The molecule has 6 heteroatoms. The smallest absolute Gasteiger partial charge is 0.229 e. The minimum Gasteiger partial charge on any atom is -0.495 e. The molecule has 0 aliphatic rings. The lowest BCUT2D eigenvalue weighted by atomic mass is 10.2. The highest BCUT2D eigenvalue weighted by Crippen LogP contribution is 2.28. The first-order valence-electron chi connectivity index (χ1n) is 8.81. The average Bonchev–Trinajstić information content (AvgIpc) is 2.67. The Balaban J connectivity index is 1.81. The zero-order valence-corrected chi connectivity index (χ0v) is 16.4. The molecule has 0 aliphatic carbocycles. The molecule has 0 spiro atoms. The van der Waals surface area contributed by atoms with Gasteiger partial charge in [0.15, 0.2) is 0 Å². The summed E-state index contributed by atoms with van der Waals surface area (Å²) >= 11 is 6.20. The van der Waals surface area contributed by atoms with Crippen LogP contribution in [0.3, 0.4) is 0 Å². The second kappa shape index (κ2) is 8.73. The molecule has 0 atom stereocenters. The standard InChI is InChI=1S/C21H23ClN4O/c1-15(2)26(14-16-7-5-4-6-8-16)20-11-12-23-21(25-20)24-17-9-10-19(27-3)18(22)13-17/h4-13,15H,14H2,1-3H3,(H,23,24,25). The van der Waals surface area contributed by atoms with Gasteiger partial charge in [-0.2, -0.15) is 4.98 Å². The molecule has 0 radical (unpaired) electrons. The van der Waals surface area contributed by atoms with Gasteiger partial charge in [0.2, 0.25) is 5.95 Å². The SMILES string of the molecule is COc1ccc(Nc2nccc(N(Cc3ccccc3)C(C)C)n2)cc1Cl. The number of nitrogens with zero attached hydrogens (tertiary/aromatic N) is 3. The number of hydrogen-bond donors (Lipinski definition) is 1. The quantitative estimate of drug-likeness (QED) is 0.601. The Labute approximate surface area is 165 Å². The normalized spacial score (nSPS) is 10.7. The molecule has 0 unspecified atom stereocenters. The van der Waals surface area contributed by atoms with E-state index in [1.807, 2.05) is 36.4 Å². The molecule has 0 aliphatic heterocycles. The van der Waals surface area contributed by atoms with Gasteiger partial charge in [-0.15, -0.1) is 0 Å². The molecule has 0 saturated heterocycles. The number of nitrogens with one attached hydrogen (secondary N) is 1. The van der Waals surface area contributed by atoms with Crippen LogP contribution in [0.5, 0.6) is 5.75 Å². The van der Waals surface area contributed by atoms with Gasteiger partial charge < -0.3 is 15.0 Å². The number of hydrogen-bond acceptors (Lipinski definition) is 5. The minimum absolute atomic E-state index is 0.295. The topological polar surface area (TPSA) is 50.3 Å². The van der Waals surface area contributed by atoms with Gasteiger partial charge in [-0.05, 0) is 43.7 Å². The molecule has 27 heavy (non-hydrogen) atoms. The maximum atomic E-state index is 6.20. The van der Waals surface area contributed by atoms with Crippen molar-refractivity contribution in [2.75, 3.05) is 17.3 Å². The number of halogens is 1. The summed E-state index contributed by atoms with van der Waals surface area (Å²) in [7, 11) is 1.59. The molecular formula is C21H23ClN4O. The maximum absolute atomic E-state index is 6.20. The number of aromatic nitrogens is 2. The zero-order chi connectivity index (χ0) is 19.2. The highest BCUT2D eigenvalue weighted by atomic mass is 35.5. The number of benzene rings is 2. The van der Waals surface area contributed by atoms with Crippen LogP contribution in [0.2, 0.25) is 5.02 Å². The molecule has 5 nitrogen and oxygen atoms in total. The summed E-state index contributed by atoms with van der Waals surface area (Å²) in [5, 5.41) is 3.74. The van der Waals surface area contributed by atoms with Gasteiger partial charge in [0.25, 0.3) is 0 Å². The third-order valence-electron chi connectivity index (χ3n) is 4.16. The second-order valence-corrected chi connectivity index (χ2v) is 6.83. The highest BCUT2D eigenvalue weighted by molar-refractivity contribution is 6.32. The molecule has 2 aromatic carbocycles. The van der Waals surface area contributed by atoms with Crippen LogP contribution >= 0.6 is 11.6 Å². The van der Waals surface area contributed by atoms with Crippen molar-refractivity contribution in [3.63, 3.8) is 0 Å². The van der Waals surface area contributed by atoms with Gasteiger partial charge >= 0.3 is 0 Å². The Hall–Kier alpha value is -2.79. The molecule has 3 aromatic rings. The minimum atomic E-state index is 0.295. The predicted octanol–water partition coefficient (Wildman–Crippen LogP) is 5.30. The Morgan fingerprint density at radius 2 is 1.89 bits per heavy atom. The third kappa shape index (κ3) is 4.89. The van der Waals surface area contributed by atoms with Gasteiger partial charge in [0.1, 0.15) is 11.6 Å². The van der Waals surface area contributed by atoms with Crippen LogP contribution in [0.1, 0.15) is 19.4 Å². The summed E-state index contributed by atoms with van der Waals surface area (Å²) in [5.74, 6) is 2.02. The van der Waals surface area contributed by atoms with E-state index in [-0.39, 0.29) is 0 Å². The summed E-state index contributed by atoms with van der Waals surface area (Å²) in [6, 6.07) is 18.1. The van der Waals surface area contributed by atoms with Gasteiger partial charge in [0, 0.05) is 24.5 Å². The fourth-order valence-corrected chi connectivity index (χ4v) is 3.01. The van der Waals surface area contributed by atoms with Gasteiger partial charge in [-0.3, -0.25) is 0 Å². The van der Waals surface area contributed by atoms with Crippen LogP contribution in [0, 0.1) is 0 Å². The molecule has 140 valence electrons. The summed E-state index contributed by atoms with van der Waals surface area (Å²) in [5.41, 5.74) is 2.04. The van der Waals surface area contributed by atoms with E-state index in [0.29, 0.717) is 22.8 Å². The van der Waals surface area contributed by atoms with Crippen LogP contribution in [0.4, 0.5) is 17.5 Å². The van der Waals surface area contributed by atoms with Crippen molar-refractivity contribution in [2.45, 2.75) is 26.4 Å². The molecule has 1 N–H and O–H groups in total. The van der Waals surface area contributed by atoms with Crippen molar-refractivity contribution in [3.8, 4) is 5.75 Å². The van der Waals surface area contributed by atoms with Crippen LogP contribution in [0.15, 0.2) is 60.8 Å². The van der Waals surface area contributed by atoms with Crippen LogP contribution in [0.25, 0.3) is 0 Å². The van der Waals surface area contributed by atoms with E-state index in [0.717, 1.165) is 18.1 Å². The molecule has 0 amide bonds. The lowest BCUT2D eigenvalue weighted by Gasteiger charge is -2.28. The molecular weight excluding hydrogens is 360 g/mol.